The highest BCUT2D eigenvalue weighted by Gasteiger charge is 2.29. The quantitative estimate of drug-likeness (QED) is 0.693. The van der Waals surface area contributed by atoms with Gasteiger partial charge in [-0.1, -0.05) is 0 Å². The summed E-state index contributed by atoms with van der Waals surface area (Å²) in [6.45, 7) is 5.54. The van der Waals surface area contributed by atoms with Crippen molar-refractivity contribution < 1.29 is 24.2 Å². The third-order valence-electron chi connectivity index (χ3n) is 2.66. The van der Waals surface area contributed by atoms with E-state index in [1.54, 1.807) is 20.8 Å². The van der Waals surface area contributed by atoms with Gasteiger partial charge in [-0.3, -0.25) is 4.79 Å². The summed E-state index contributed by atoms with van der Waals surface area (Å²) in [5.74, 6) is -2.04. The van der Waals surface area contributed by atoms with E-state index in [9.17, 15) is 19.5 Å². The van der Waals surface area contributed by atoms with E-state index in [0.29, 0.717) is 13.0 Å². The topological polar surface area (TPSA) is 108 Å². The molecule has 0 aromatic carbocycles. The van der Waals surface area contributed by atoms with Crippen molar-refractivity contribution in [3.05, 3.63) is 0 Å². The van der Waals surface area contributed by atoms with Crippen molar-refractivity contribution in [3.63, 3.8) is 0 Å². The van der Waals surface area contributed by atoms with E-state index in [-0.39, 0.29) is 12.3 Å². The van der Waals surface area contributed by atoms with Gasteiger partial charge >= 0.3 is 6.09 Å². The monoisotopic (exact) mass is 271 g/mol. The molecule has 0 saturated carbocycles. The van der Waals surface area contributed by atoms with Crippen molar-refractivity contribution in [1.29, 1.82) is 0 Å². The Balaban J connectivity index is 2.56. The van der Waals surface area contributed by atoms with Crippen molar-refractivity contribution in [3.8, 4) is 0 Å². The maximum atomic E-state index is 11.5. The molecule has 2 atom stereocenters. The van der Waals surface area contributed by atoms with E-state index >= 15 is 0 Å². The minimum absolute atomic E-state index is 0.00735. The maximum absolute atomic E-state index is 11.5. The van der Waals surface area contributed by atoms with Crippen LogP contribution in [-0.4, -0.2) is 36.2 Å². The summed E-state index contributed by atoms with van der Waals surface area (Å²) in [5, 5.41) is 15.8. The molecule has 1 fully saturated rings. The first-order valence-electron chi connectivity index (χ1n) is 6.17. The summed E-state index contributed by atoms with van der Waals surface area (Å²) in [5.41, 5.74) is -0.717. The molecular weight excluding hydrogens is 252 g/mol. The van der Waals surface area contributed by atoms with Crippen LogP contribution in [0.4, 0.5) is 4.79 Å². The van der Waals surface area contributed by atoms with E-state index < -0.39 is 29.6 Å². The Morgan fingerprint density at radius 3 is 2.58 bits per heavy atom. The van der Waals surface area contributed by atoms with E-state index in [4.69, 9.17) is 4.74 Å². The van der Waals surface area contributed by atoms with Gasteiger partial charge in [0.1, 0.15) is 5.60 Å². The second-order valence-electron chi connectivity index (χ2n) is 5.53. The zero-order valence-electron chi connectivity index (χ0n) is 11.3. The Morgan fingerprint density at radius 1 is 1.53 bits per heavy atom. The Bertz CT molecular complexity index is 375. The summed E-state index contributed by atoms with van der Waals surface area (Å²) in [7, 11) is 0. The van der Waals surface area contributed by atoms with Crippen LogP contribution >= 0.6 is 0 Å². The summed E-state index contributed by atoms with van der Waals surface area (Å²) in [6.07, 6.45) is -0.272. The Hall–Kier alpha value is -1.79. The molecule has 1 aliphatic heterocycles. The van der Waals surface area contributed by atoms with Gasteiger partial charge in [-0.25, -0.2) is 4.79 Å². The minimum Gasteiger partial charge on any atom is -0.548 e. The molecule has 0 spiro atoms. The van der Waals surface area contributed by atoms with Gasteiger partial charge in [-0.15, -0.1) is 0 Å². The van der Waals surface area contributed by atoms with Gasteiger partial charge in [0, 0.05) is 12.5 Å². The van der Waals surface area contributed by atoms with Crippen LogP contribution in [0.2, 0.25) is 0 Å². The largest absolute Gasteiger partial charge is 0.548 e. The number of amides is 2. The van der Waals surface area contributed by atoms with Crippen LogP contribution in [0.25, 0.3) is 0 Å². The van der Waals surface area contributed by atoms with Crippen LogP contribution in [-0.2, 0) is 14.3 Å². The van der Waals surface area contributed by atoms with Gasteiger partial charge in [-0.05, 0) is 33.6 Å². The molecule has 1 rings (SSSR count). The molecule has 1 aliphatic rings. The van der Waals surface area contributed by atoms with Gasteiger partial charge in [-0.2, -0.15) is 0 Å². The number of hydrogen-bond acceptors (Lipinski definition) is 5. The average molecular weight is 271 g/mol. The number of carboxylic acid groups (broad SMARTS) is 1. The fraction of sp³-hybridized carbons (Fsp3) is 0.750. The van der Waals surface area contributed by atoms with Crippen molar-refractivity contribution in [1.82, 2.24) is 10.6 Å². The second kappa shape index (κ2) is 5.90. The van der Waals surface area contributed by atoms with E-state index in [1.807, 2.05) is 0 Å². The molecule has 1 heterocycles. The van der Waals surface area contributed by atoms with Crippen LogP contribution in [0.3, 0.4) is 0 Å². The fourth-order valence-electron chi connectivity index (χ4n) is 1.82. The number of aliphatic carboxylic acids is 1. The van der Waals surface area contributed by atoms with Crippen molar-refractivity contribution in [2.75, 3.05) is 6.54 Å². The van der Waals surface area contributed by atoms with Gasteiger partial charge in [0.2, 0.25) is 5.91 Å². The number of rotatable bonds is 4. The van der Waals surface area contributed by atoms with E-state index in [1.165, 1.54) is 0 Å². The van der Waals surface area contributed by atoms with Gasteiger partial charge < -0.3 is 25.3 Å². The molecule has 108 valence electrons. The van der Waals surface area contributed by atoms with Crippen molar-refractivity contribution >= 4 is 18.0 Å². The molecule has 2 N–H and O–H groups in total. The van der Waals surface area contributed by atoms with Gasteiger partial charge in [0.15, 0.2) is 0 Å². The molecule has 0 bridgehead atoms. The molecule has 0 aromatic heterocycles. The lowest BCUT2D eigenvalue weighted by molar-refractivity contribution is -0.308. The van der Waals surface area contributed by atoms with Crippen LogP contribution < -0.4 is 15.7 Å². The predicted octanol–water partition coefficient (Wildman–Crippen LogP) is -0.844. The first-order valence-corrected chi connectivity index (χ1v) is 6.17. The summed E-state index contributed by atoms with van der Waals surface area (Å²) >= 11 is 0. The van der Waals surface area contributed by atoms with E-state index in [2.05, 4.69) is 10.6 Å². The van der Waals surface area contributed by atoms with Crippen LogP contribution in [0, 0.1) is 5.92 Å². The number of alkyl carbamates (subject to hydrolysis) is 1. The normalized spacial score (nSPS) is 20.6. The minimum atomic E-state index is -1.43. The number of hydrogen-bond donors (Lipinski definition) is 2. The molecule has 2 amide bonds. The molecular formula is C12H19N2O5-. The zero-order valence-corrected chi connectivity index (χ0v) is 11.3. The Morgan fingerprint density at radius 2 is 2.16 bits per heavy atom. The molecule has 2 unspecified atom stereocenters. The van der Waals surface area contributed by atoms with Crippen LogP contribution in [0.5, 0.6) is 0 Å². The lowest BCUT2D eigenvalue weighted by Gasteiger charge is -2.25. The number of nitrogens with one attached hydrogen (secondary N) is 2. The Labute approximate surface area is 111 Å². The summed E-state index contributed by atoms with van der Waals surface area (Å²) < 4.78 is 4.97. The Kier molecular flexibility index (Phi) is 4.74. The highest BCUT2D eigenvalue weighted by atomic mass is 16.6. The first-order chi connectivity index (χ1) is 8.69. The molecule has 7 heteroatoms. The number of carboxylic acids is 1. The molecule has 1 saturated heterocycles. The highest BCUT2D eigenvalue weighted by molar-refractivity contribution is 5.83. The number of carbonyl (C=O) groups is 3. The summed E-state index contributed by atoms with van der Waals surface area (Å²) in [6, 6.07) is -1.23. The molecule has 0 radical (unpaired) electrons. The molecule has 0 aliphatic carbocycles. The van der Waals surface area contributed by atoms with Gasteiger partial charge in [0.05, 0.1) is 12.0 Å². The second-order valence-corrected chi connectivity index (χ2v) is 5.53. The van der Waals surface area contributed by atoms with Crippen LogP contribution in [0.1, 0.15) is 33.6 Å². The van der Waals surface area contributed by atoms with Crippen molar-refractivity contribution in [2.45, 2.75) is 45.3 Å². The standard InChI is InChI=1S/C12H20N2O5/c1-12(2,3)19-11(18)14-8(10(16)17)6-7-4-5-13-9(7)15/h7-8H,4-6H2,1-3H3,(H,13,15)(H,14,18)(H,16,17)/p-1. The lowest BCUT2D eigenvalue weighted by atomic mass is 9.98. The molecule has 19 heavy (non-hydrogen) atoms. The van der Waals surface area contributed by atoms with Crippen LogP contribution in [0.15, 0.2) is 0 Å². The first kappa shape index (κ1) is 15.3. The predicted molar refractivity (Wildman–Crippen MR) is 63.9 cm³/mol. The van der Waals surface area contributed by atoms with Gasteiger partial charge in [0.25, 0.3) is 0 Å². The zero-order chi connectivity index (χ0) is 14.6. The third-order valence-corrected chi connectivity index (χ3v) is 2.66. The maximum Gasteiger partial charge on any atom is 0.408 e. The SMILES string of the molecule is CC(C)(C)OC(=O)NC(CC1CCNC1=O)C(=O)[O-]. The fourth-order valence-corrected chi connectivity index (χ4v) is 1.82. The number of carbonyl (C=O) groups excluding carboxylic acids is 3. The van der Waals surface area contributed by atoms with Crippen molar-refractivity contribution in [2.24, 2.45) is 5.92 Å². The smallest absolute Gasteiger partial charge is 0.408 e. The molecule has 0 aromatic rings. The highest BCUT2D eigenvalue weighted by Crippen LogP contribution is 2.16. The number of ether oxygens (including phenoxy) is 1. The third kappa shape index (κ3) is 5.15. The molecule has 7 nitrogen and oxygen atoms in total. The lowest BCUT2D eigenvalue weighted by Crippen LogP contribution is -2.50. The van der Waals surface area contributed by atoms with E-state index in [0.717, 1.165) is 0 Å². The average Bonchev–Trinajstić information content (AvgIpc) is 2.60. The summed E-state index contributed by atoms with van der Waals surface area (Å²) in [4.78, 5) is 33.9.